The van der Waals surface area contributed by atoms with Gasteiger partial charge in [-0.1, -0.05) is 36.8 Å². The number of carboxylic acids is 1. The third-order valence-corrected chi connectivity index (χ3v) is 4.61. The number of pyridine rings is 1. The van der Waals surface area contributed by atoms with Gasteiger partial charge in [-0.15, -0.1) is 0 Å². The normalized spacial score (nSPS) is 12.2. The molecule has 2 aromatic rings. The van der Waals surface area contributed by atoms with Gasteiger partial charge in [0.05, 0.1) is 6.61 Å². The zero-order valence-electron chi connectivity index (χ0n) is 17.6. The van der Waals surface area contributed by atoms with E-state index < -0.39 is 12.1 Å². The molecular weight excluding hydrogens is 366 g/mol. The first-order chi connectivity index (χ1) is 14.0. The Balaban J connectivity index is 1.92. The number of allylic oxidation sites excluding steroid dienone is 1. The van der Waals surface area contributed by atoms with E-state index in [1.54, 1.807) is 6.92 Å². The fraction of sp³-hybridized carbons (Fsp3) is 0.417. The van der Waals surface area contributed by atoms with Crippen molar-refractivity contribution in [1.29, 1.82) is 0 Å². The lowest BCUT2D eigenvalue weighted by atomic mass is 10.1. The molecule has 0 radical (unpaired) electrons. The molecule has 1 atom stereocenters. The van der Waals surface area contributed by atoms with Gasteiger partial charge in [0.25, 0.3) is 0 Å². The molecule has 0 saturated heterocycles. The molecule has 1 unspecified atom stereocenters. The van der Waals surface area contributed by atoms with E-state index in [1.165, 1.54) is 5.56 Å². The van der Waals surface area contributed by atoms with Crippen LogP contribution in [0.3, 0.4) is 0 Å². The van der Waals surface area contributed by atoms with Crippen molar-refractivity contribution in [3.05, 3.63) is 65.0 Å². The molecule has 0 spiro atoms. The highest BCUT2D eigenvalue weighted by Gasteiger charge is 2.15. The van der Waals surface area contributed by atoms with Gasteiger partial charge in [-0.05, 0) is 56.9 Å². The van der Waals surface area contributed by atoms with Crippen molar-refractivity contribution in [3.63, 3.8) is 0 Å². The third-order valence-electron chi connectivity index (χ3n) is 4.61. The molecule has 0 aliphatic heterocycles. The molecular formula is C24H31NO4. The van der Waals surface area contributed by atoms with Crippen molar-refractivity contribution < 1.29 is 19.4 Å². The monoisotopic (exact) mass is 397 g/mol. The van der Waals surface area contributed by atoms with E-state index in [2.05, 4.69) is 30.1 Å². The second-order valence-electron chi connectivity index (χ2n) is 6.91. The van der Waals surface area contributed by atoms with Crippen molar-refractivity contribution >= 4 is 12.0 Å². The predicted molar refractivity (Wildman–Crippen MR) is 115 cm³/mol. The van der Waals surface area contributed by atoms with Crippen LogP contribution in [0.2, 0.25) is 0 Å². The van der Waals surface area contributed by atoms with E-state index >= 15 is 0 Å². The molecule has 29 heavy (non-hydrogen) atoms. The number of carboxylic acid groups (broad SMARTS) is 1. The van der Waals surface area contributed by atoms with Crippen molar-refractivity contribution in [1.82, 2.24) is 4.98 Å². The Kier molecular flexibility index (Phi) is 9.38. The van der Waals surface area contributed by atoms with Gasteiger partial charge in [-0.2, -0.15) is 0 Å². The first-order valence-corrected chi connectivity index (χ1v) is 10.2. The van der Waals surface area contributed by atoms with Crippen LogP contribution >= 0.6 is 0 Å². The third kappa shape index (κ3) is 7.70. The van der Waals surface area contributed by atoms with E-state index in [9.17, 15) is 4.79 Å². The van der Waals surface area contributed by atoms with Gasteiger partial charge in [0.15, 0.2) is 6.10 Å². The zero-order chi connectivity index (χ0) is 21.1. The summed E-state index contributed by atoms with van der Waals surface area (Å²) >= 11 is 0. The molecule has 1 heterocycles. The molecule has 0 aliphatic rings. The van der Waals surface area contributed by atoms with Crippen LogP contribution in [0, 0.1) is 6.92 Å². The molecule has 0 aliphatic carbocycles. The molecule has 0 amide bonds. The van der Waals surface area contributed by atoms with Crippen LogP contribution in [0.5, 0.6) is 5.75 Å². The molecule has 156 valence electrons. The summed E-state index contributed by atoms with van der Waals surface area (Å²) in [6.45, 7) is 6.90. The first-order valence-electron chi connectivity index (χ1n) is 10.2. The number of nitrogens with zero attached hydrogens (tertiary/aromatic N) is 1. The highest BCUT2D eigenvalue weighted by molar-refractivity contribution is 5.72. The fourth-order valence-corrected chi connectivity index (χ4v) is 2.94. The number of aryl methyl sites for hydroxylation is 2. The highest BCUT2D eigenvalue weighted by Crippen LogP contribution is 2.22. The number of aliphatic carboxylic acids is 1. The maximum Gasteiger partial charge on any atom is 0.332 e. The summed E-state index contributed by atoms with van der Waals surface area (Å²) in [5, 5.41) is 9.15. The number of hydrogen-bond donors (Lipinski definition) is 1. The van der Waals surface area contributed by atoms with Gasteiger partial charge in [0, 0.05) is 30.5 Å². The highest BCUT2D eigenvalue weighted by atomic mass is 16.5. The molecule has 1 aromatic carbocycles. The number of benzene rings is 1. The fourth-order valence-electron chi connectivity index (χ4n) is 2.94. The summed E-state index contributed by atoms with van der Waals surface area (Å²) in [4.78, 5) is 15.6. The summed E-state index contributed by atoms with van der Waals surface area (Å²) < 4.78 is 11.2. The summed E-state index contributed by atoms with van der Waals surface area (Å²) in [6.07, 6.45) is 7.92. The van der Waals surface area contributed by atoms with E-state index in [4.69, 9.17) is 14.6 Å². The maximum atomic E-state index is 11.1. The lowest BCUT2D eigenvalue weighted by Crippen LogP contribution is -2.23. The summed E-state index contributed by atoms with van der Waals surface area (Å²) in [5.74, 6) is -0.1000. The Labute approximate surface area is 173 Å². The first kappa shape index (κ1) is 22.6. The average Bonchev–Trinajstić information content (AvgIpc) is 2.72. The zero-order valence-corrected chi connectivity index (χ0v) is 17.6. The molecule has 5 heteroatoms. The number of ether oxygens (including phenoxy) is 2. The smallest absolute Gasteiger partial charge is 0.332 e. The van der Waals surface area contributed by atoms with E-state index in [0.29, 0.717) is 26.1 Å². The summed E-state index contributed by atoms with van der Waals surface area (Å²) in [6, 6.07) is 10.2. The molecule has 5 nitrogen and oxygen atoms in total. The van der Waals surface area contributed by atoms with E-state index in [1.807, 2.05) is 37.4 Å². The van der Waals surface area contributed by atoms with Crippen molar-refractivity contribution in [2.75, 3.05) is 13.2 Å². The standard InChI is InChI=1S/C24H31NO4/c1-4-19-11-12-21(25-17-19)14-15-29-22-13-10-18(3)16-20(22)8-6-7-9-23(24(26)27)28-5-2/h6,8,10-13,16-17,23H,4-5,7,9,14-15H2,1-3H3,(H,26,27)/b8-6+. The van der Waals surface area contributed by atoms with Crippen LogP contribution in [-0.4, -0.2) is 35.4 Å². The minimum atomic E-state index is -0.916. The van der Waals surface area contributed by atoms with E-state index in [-0.39, 0.29) is 0 Å². The molecule has 1 aromatic heterocycles. The predicted octanol–water partition coefficient (Wildman–Crippen LogP) is 4.86. The van der Waals surface area contributed by atoms with Crippen LogP contribution in [-0.2, 0) is 22.4 Å². The van der Waals surface area contributed by atoms with Crippen LogP contribution in [0.15, 0.2) is 42.6 Å². The van der Waals surface area contributed by atoms with Gasteiger partial charge in [-0.25, -0.2) is 4.79 Å². The second kappa shape index (κ2) is 12.0. The van der Waals surface area contributed by atoms with Crippen molar-refractivity contribution in [3.8, 4) is 5.75 Å². The topological polar surface area (TPSA) is 68.7 Å². The SMILES string of the molecule is CCOC(CC/C=C/c1cc(C)ccc1OCCc1ccc(CC)cn1)C(=O)O. The lowest BCUT2D eigenvalue weighted by molar-refractivity contribution is -0.150. The van der Waals surface area contributed by atoms with Gasteiger partial charge < -0.3 is 14.6 Å². The minimum absolute atomic E-state index is 0.395. The Hall–Kier alpha value is -2.66. The molecule has 1 N–H and O–H groups in total. The maximum absolute atomic E-state index is 11.1. The van der Waals surface area contributed by atoms with Crippen molar-refractivity contribution in [2.24, 2.45) is 0 Å². The van der Waals surface area contributed by atoms with Gasteiger partial charge in [-0.3, -0.25) is 4.98 Å². The number of aromatic nitrogens is 1. The molecule has 0 bridgehead atoms. The van der Waals surface area contributed by atoms with Gasteiger partial charge >= 0.3 is 5.97 Å². The second-order valence-corrected chi connectivity index (χ2v) is 6.91. The number of carbonyl (C=O) groups is 1. The lowest BCUT2D eigenvalue weighted by Gasteiger charge is -2.11. The Bertz CT molecular complexity index is 799. The Morgan fingerprint density at radius 2 is 2.07 bits per heavy atom. The average molecular weight is 398 g/mol. The van der Waals surface area contributed by atoms with Crippen LogP contribution in [0.4, 0.5) is 0 Å². The van der Waals surface area contributed by atoms with E-state index in [0.717, 1.165) is 35.4 Å². The molecule has 2 rings (SSSR count). The van der Waals surface area contributed by atoms with Crippen LogP contribution in [0.1, 0.15) is 49.1 Å². The van der Waals surface area contributed by atoms with Crippen LogP contribution < -0.4 is 4.74 Å². The van der Waals surface area contributed by atoms with Gasteiger partial charge in [0.1, 0.15) is 5.75 Å². The summed E-state index contributed by atoms with van der Waals surface area (Å²) in [5.41, 5.74) is 4.38. The molecule has 0 saturated carbocycles. The number of rotatable bonds is 12. The van der Waals surface area contributed by atoms with Crippen molar-refractivity contribution in [2.45, 2.75) is 52.6 Å². The van der Waals surface area contributed by atoms with Gasteiger partial charge in [0.2, 0.25) is 0 Å². The summed E-state index contributed by atoms with van der Waals surface area (Å²) in [7, 11) is 0. The minimum Gasteiger partial charge on any atom is -0.493 e. The largest absolute Gasteiger partial charge is 0.493 e. The number of hydrogen-bond acceptors (Lipinski definition) is 4. The Morgan fingerprint density at radius 1 is 1.24 bits per heavy atom. The molecule has 0 fully saturated rings. The van der Waals surface area contributed by atoms with Crippen LogP contribution in [0.25, 0.3) is 6.08 Å². The Morgan fingerprint density at radius 3 is 2.72 bits per heavy atom. The quantitative estimate of drug-likeness (QED) is 0.554.